The van der Waals surface area contributed by atoms with E-state index in [2.05, 4.69) is 0 Å². The number of hydrogen-bond donors (Lipinski definition) is 1. The van der Waals surface area contributed by atoms with Crippen LogP contribution in [-0.4, -0.2) is 25.6 Å². The van der Waals surface area contributed by atoms with Crippen LogP contribution in [0.5, 0.6) is 5.75 Å². The number of benzene rings is 1. The Morgan fingerprint density at radius 3 is 3.06 bits per heavy atom. The van der Waals surface area contributed by atoms with E-state index in [1.165, 1.54) is 6.92 Å². The molecule has 0 spiro atoms. The standard InChI is InChI=1S/C13H17NO3/c1-9(15)12-6-11(14)2-3-13(12)17-8-10-4-5-16-7-10/h2-3,6,10H,4-5,7-8,14H2,1H3. The van der Waals surface area contributed by atoms with Gasteiger partial charge in [0.15, 0.2) is 5.78 Å². The van der Waals surface area contributed by atoms with Crippen LogP contribution in [0.15, 0.2) is 18.2 Å². The summed E-state index contributed by atoms with van der Waals surface area (Å²) in [6.45, 7) is 3.64. The molecule has 1 atom stereocenters. The quantitative estimate of drug-likeness (QED) is 0.639. The minimum absolute atomic E-state index is 0.0324. The van der Waals surface area contributed by atoms with Crippen molar-refractivity contribution in [2.24, 2.45) is 5.92 Å². The van der Waals surface area contributed by atoms with Crippen LogP contribution in [0.2, 0.25) is 0 Å². The molecule has 0 bridgehead atoms. The molecule has 1 unspecified atom stereocenters. The first kappa shape index (κ1) is 11.9. The first-order valence-corrected chi connectivity index (χ1v) is 5.78. The maximum atomic E-state index is 11.5. The smallest absolute Gasteiger partial charge is 0.163 e. The molecule has 2 rings (SSSR count). The van der Waals surface area contributed by atoms with Gasteiger partial charge in [-0.2, -0.15) is 0 Å². The van der Waals surface area contributed by atoms with Crippen molar-refractivity contribution in [3.8, 4) is 5.75 Å². The van der Waals surface area contributed by atoms with Gasteiger partial charge in [0.05, 0.1) is 18.8 Å². The van der Waals surface area contributed by atoms with Crippen LogP contribution in [0.25, 0.3) is 0 Å². The molecule has 1 aliphatic heterocycles. The highest BCUT2D eigenvalue weighted by atomic mass is 16.5. The highest BCUT2D eigenvalue weighted by molar-refractivity contribution is 5.97. The van der Waals surface area contributed by atoms with Gasteiger partial charge in [-0.1, -0.05) is 0 Å². The molecular weight excluding hydrogens is 218 g/mol. The van der Waals surface area contributed by atoms with Crippen LogP contribution in [0.4, 0.5) is 5.69 Å². The number of ketones is 1. The van der Waals surface area contributed by atoms with Crippen molar-refractivity contribution in [3.05, 3.63) is 23.8 Å². The van der Waals surface area contributed by atoms with Gasteiger partial charge in [0.1, 0.15) is 5.75 Å². The zero-order valence-corrected chi connectivity index (χ0v) is 9.94. The van der Waals surface area contributed by atoms with Crippen LogP contribution < -0.4 is 10.5 Å². The fourth-order valence-corrected chi connectivity index (χ4v) is 1.87. The molecule has 92 valence electrons. The fourth-order valence-electron chi connectivity index (χ4n) is 1.87. The van der Waals surface area contributed by atoms with Crippen LogP contribution >= 0.6 is 0 Å². The van der Waals surface area contributed by atoms with E-state index >= 15 is 0 Å². The number of nitrogen functional groups attached to an aromatic ring is 1. The Morgan fingerprint density at radius 2 is 2.41 bits per heavy atom. The molecule has 0 amide bonds. The average molecular weight is 235 g/mol. The van der Waals surface area contributed by atoms with Gasteiger partial charge in [-0.3, -0.25) is 4.79 Å². The lowest BCUT2D eigenvalue weighted by Crippen LogP contribution is -2.13. The SMILES string of the molecule is CC(=O)c1cc(N)ccc1OCC1CCOC1. The normalized spacial score (nSPS) is 19.2. The van der Waals surface area contributed by atoms with Crippen molar-refractivity contribution in [2.45, 2.75) is 13.3 Å². The number of anilines is 1. The molecule has 1 saturated heterocycles. The number of carbonyl (C=O) groups excluding carboxylic acids is 1. The summed E-state index contributed by atoms with van der Waals surface area (Å²) in [4.78, 5) is 11.5. The Balaban J connectivity index is 2.06. The van der Waals surface area contributed by atoms with Crippen molar-refractivity contribution in [3.63, 3.8) is 0 Å². The predicted octanol–water partition coefficient (Wildman–Crippen LogP) is 1.89. The van der Waals surface area contributed by atoms with Gasteiger partial charge in [0, 0.05) is 18.2 Å². The summed E-state index contributed by atoms with van der Waals surface area (Å²) in [7, 11) is 0. The van der Waals surface area contributed by atoms with E-state index in [9.17, 15) is 4.79 Å². The number of nitrogens with two attached hydrogens (primary N) is 1. The summed E-state index contributed by atoms with van der Waals surface area (Å²) >= 11 is 0. The molecule has 1 fully saturated rings. The highest BCUT2D eigenvalue weighted by Crippen LogP contribution is 2.23. The van der Waals surface area contributed by atoms with Gasteiger partial charge in [-0.25, -0.2) is 0 Å². The number of Topliss-reactive ketones (excluding diaryl/α,β-unsaturated/α-hetero) is 1. The third-order valence-electron chi connectivity index (χ3n) is 2.88. The Bertz CT molecular complexity index is 411. The Morgan fingerprint density at radius 1 is 1.59 bits per heavy atom. The van der Waals surface area contributed by atoms with Crippen LogP contribution in [0.3, 0.4) is 0 Å². The second kappa shape index (κ2) is 5.19. The number of ether oxygens (including phenoxy) is 2. The summed E-state index contributed by atoms with van der Waals surface area (Å²) in [5, 5.41) is 0. The van der Waals surface area contributed by atoms with Crippen molar-refractivity contribution >= 4 is 11.5 Å². The third kappa shape index (κ3) is 2.97. The molecule has 0 aliphatic carbocycles. The lowest BCUT2D eigenvalue weighted by atomic mass is 10.1. The van der Waals surface area contributed by atoms with Gasteiger partial charge in [0.2, 0.25) is 0 Å². The van der Waals surface area contributed by atoms with E-state index in [-0.39, 0.29) is 5.78 Å². The highest BCUT2D eigenvalue weighted by Gasteiger charge is 2.17. The van der Waals surface area contributed by atoms with Crippen molar-refractivity contribution in [1.82, 2.24) is 0 Å². The Kier molecular flexibility index (Phi) is 3.64. The van der Waals surface area contributed by atoms with Crippen molar-refractivity contribution in [1.29, 1.82) is 0 Å². The molecule has 17 heavy (non-hydrogen) atoms. The van der Waals surface area contributed by atoms with E-state index in [1.54, 1.807) is 18.2 Å². The summed E-state index contributed by atoms with van der Waals surface area (Å²) in [6.07, 6.45) is 1.02. The predicted molar refractivity (Wildman–Crippen MR) is 65.3 cm³/mol. The summed E-state index contributed by atoms with van der Waals surface area (Å²) in [5.74, 6) is 1.00. The van der Waals surface area contributed by atoms with Gasteiger partial charge in [-0.05, 0) is 31.5 Å². The number of rotatable bonds is 4. The molecule has 4 heteroatoms. The molecular formula is C13H17NO3. The number of hydrogen-bond acceptors (Lipinski definition) is 4. The minimum Gasteiger partial charge on any atom is -0.492 e. The Labute approximate surface area is 101 Å². The monoisotopic (exact) mass is 235 g/mol. The summed E-state index contributed by atoms with van der Waals surface area (Å²) < 4.78 is 11.0. The van der Waals surface area contributed by atoms with E-state index < -0.39 is 0 Å². The first-order valence-electron chi connectivity index (χ1n) is 5.78. The van der Waals surface area contributed by atoms with Gasteiger partial charge in [0.25, 0.3) is 0 Å². The fraction of sp³-hybridized carbons (Fsp3) is 0.462. The topological polar surface area (TPSA) is 61.6 Å². The van der Waals surface area contributed by atoms with Crippen LogP contribution in [0, 0.1) is 5.92 Å². The van der Waals surface area contributed by atoms with E-state index in [0.29, 0.717) is 29.5 Å². The average Bonchev–Trinajstić information content (AvgIpc) is 2.80. The molecule has 1 aromatic carbocycles. The van der Waals surface area contributed by atoms with Crippen molar-refractivity contribution in [2.75, 3.05) is 25.6 Å². The molecule has 0 aromatic heterocycles. The lowest BCUT2D eigenvalue weighted by Gasteiger charge is -2.13. The van der Waals surface area contributed by atoms with Crippen LogP contribution in [-0.2, 0) is 4.74 Å². The third-order valence-corrected chi connectivity index (χ3v) is 2.88. The molecule has 0 saturated carbocycles. The van der Waals surface area contributed by atoms with Gasteiger partial charge in [-0.15, -0.1) is 0 Å². The molecule has 1 aromatic rings. The Hall–Kier alpha value is -1.55. The van der Waals surface area contributed by atoms with E-state index in [0.717, 1.165) is 19.6 Å². The molecule has 4 nitrogen and oxygen atoms in total. The summed E-state index contributed by atoms with van der Waals surface area (Å²) in [6, 6.07) is 5.15. The number of carbonyl (C=O) groups is 1. The zero-order chi connectivity index (χ0) is 12.3. The van der Waals surface area contributed by atoms with Gasteiger partial charge < -0.3 is 15.2 Å². The first-order chi connectivity index (χ1) is 8.16. The molecule has 1 aliphatic rings. The molecule has 1 heterocycles. The lowest BCUT2D eigenvalue weighted by molar-refractivity contribution is 0.101. The molecule has 2 N–H and O–H groups in total. The zero-order valence-electron chi connectivity index (χ0n) is 9.94. The van der Waals surface area contributed by atoms with Crippen molar-refractivity contribution < 1.29 is 14.3 Å². The second-order valence-corrected chi connectivity index (χ2v) is 4.35. The molecule has 0 radical (unpaired) electrons. The summed E-state index contributed by atoms with van der Waals surface area (Å²) in [5.41, 5.74) is 6.78. The maximum Gasteiger partial charge on any atom is 0.163 e. The largest absolute Gasteiger partial charge is 0.492 e. The second-order valence-electron chi connectivity index (χ2n) is 4.35. The van der Waals surface area contributed by atoms with E-state index in [1.807, 2.05) is 0 Å². The van der Waals surface area contributed by atoms with E-state index in [4.69, 9.17) is 15.2 Å². The van der Waals surface area contributed by atoms with Crippen LogP contribution in [0.1, 0.15) is 23.7 Å². The maximum absolute atomic E-state index is 11.5. The minimum atomic E-state index is -0.0324. The van der Waals surface area contributed by atoms with Gasteiger partial charge >= 0.3 is 0 Å².